The Balaban J connectivity index is 1.64. The monoisotopic (exact) mass is 445 g/mol. The average molecular weight is 446 g/mol. The van der Waals surface area contributed by atoms with Gasteiger partial charge in [0, 0.05) is 64.3 Å². The number of methoxy groups -OCH3 is 1. The first-order valence-electron chi connectivity index (χ1n) is 11.3. The molecule has 2 aromatic carbocycles. The lowest BCUT2D eigenvalue weighted by molar-refractivity contribution is 0.0594. The number of anilines is 2. The van der Waals surface area contributed by atoms with Gasteiger partial charge in [-0.3, -0.25) is 9.69 Å². The molecule has 1 fully saturated rings. The fourth-order valence-corrected chi connectivity index (χ4v) is 3.96. The van der Waals surface area contributed by atoms with Gasteiger partial charge in [-0.25, -0.2) is 9.97 Å². The van der Waals surface area contributed by atoms with Gasteiger partial charge in [0.1, 0.15) is 11.4 Å². The lowest BCUT2D eigenvalue weighted by atomic mass is 10.1. The SMILES string of the molecule is COCCN1CCN(C(=O)c2cnc(-c3ccccc3)nc2N(C)c2ccc(C)cc2)CC1. The second-order valence-corrected chi connectivity index (χ2v) is 8.32. The van der Waals surface area contributed by atoms with Crippen LogP contribution in [0.15, 0.2) is 60.8 Å². The molecule has 0 atom stereocenters. The maximum atomic E-state index is 13.6. The molecule has 0 radical (unpaired) electrons. The number of carbonyl (C=O) groups excluding carboxylic acids is 1. The van der Waals surface area contributed by atoms with Gasteiger partial charge in [0.05, 0.1) is 6.61 Å². The summed E-state index contributed by atoms with van der Waals surface area (Å²) < 4.78 is 5.18. The van der Waals surface area contributed by atoms with E-state index in [0.29, 0.717) is 36.9 Å². The maximum absolute atomic E-state index is 13.6. The van der Waals surface area contributed by atoms with Crippen LogP contribution in [-0.2, 0) is 4.74 Å². The van der Waals surface area contributed by atoms with Crippen LogP contribution in [0.25, 0.3) is 11.4 Å². The first-order chi connectivity index (χ1) is 16.1. The highest BCUT2D eigenvalue weighted by molar-refractivity contribution is 5.99. The van der Waals surface area contributed by atoms with Crippen molar-refractivity contribution < 1.29 is 9.53 Å². The van der Waals surface area contributed by atoms with E-state index >= 15 is 0 Å². The van der Waals surface area contributed by atoms with Crippen molar-refractivity contribution in [3.8, 4) is 11.4 Å². The number of aryl methyl sites for hydroxylation is 1. The number of hydrogen-bond donors (Lipinski definition) is 0. The van der Waals surface area contributed by atoms with Crippen molar-refractivity contribution in [3.05, 3.63) is 71.9 Å². The van der Waals surface area contributed by atoms with Crippen molar-refractivity contribution in [1.82, 2.24) is 19.8 Å². The second-order valence-electron chi connectivity index (χ2n) is 8.32. The van der Waals surface area contributed by atoms with Crippen molar-refractivity contribution in [1.29, 1.82) is 0 Å². The molecule has 3 aromatic rings. The number of benzene rings is 2. The van der Waals surface area contributed by atoms with Gasteiger partial charge in [0.2, 0.25) is 0 Å². The molecule has 1 amide bonds. The molecular formula is C26H31N5O2. The fourth-order valence-electron chi connectivity index (χ4n) is 3.96. The Morgan fingerprint density at radius 1 is 1.03 bits per heavy atom. The van der Waals surface area contributed by atoms with Crippen LogP contribution in [0.4, 0.5) is 11.5 Å². The molecule has 0 bridgehead atoms. The van der Waals surface area contributed by atoms with Gasteiger partial charge < -0.3 is 14.5 Å². The molecule has 0 unspecified atom stereocenters. The van der Waals surface area contributed by atoms with Crippen LogP contribution in [0.1, 0.15) is 15.9 Å². The zero-order valence-corrected chi connectivity index (χ0v) is 19.6. The molecule has 4 rings (SSSR count). The van der Waals surface area contributed by atoms with E-state index in [0.717, 1.165) is 30.9 Å². The van der Waals surface area contributed by atoms with E-state index in [1.165, 1.54) is 5.56 Å². The molecule has 7 heteroatoms. The molecule has 1 aliphatic heterocycles. The number of amides is 1. The highest BCUT2D eigenvalue weighted by Gasteiger charge is 2.26. The summed E-state index contributed by atoms with van der Waals surface area (Å²) in [5.41, 5.74) is 3.59. The molecule has 1 saturated heterocycles. The molecule has 1 aliphatic rings. The summed E-state index contributed by atoms with van der Waals surface area (Å²) in [6.45, 7) is 6.67. The third-order valence-corrected chi connectivity index (χ3v) is 6.04. The summed E-state index contributed by atoms with van der Waals surface area (Å²) in [4.78, 5) is 29.2. The van der Waals surface area contributed by atoms with Crippen LogP contribution in [0.5, 0.6) is 0 Å². The molecule has 0 aliphatic carbocycles. The first-order valence-corrected chi connectivity index (χ1v) is 11.3. The van der Waals surface area contributed by atoms with Crippen molar-refractivity contribution in [3.63, 3.8) is 0 Å². The van der Waals surface area contributed by atoms with Crippen LogP contribution in [-0.4, -0.2) is 79.2 Å². The maximum Gasteiger partial charge on any atom is 0.259 e. The number of piperazine rings is 1. The van der Waals surface area contributed by atoms with E-state index in [2.05, 4.69) is 28.9 Å². The summed E-state index contributed by atoms with van der Waals surface area (Å²) in [6.07, 6.45) is 1.68. The molecule has 33 heavy (non-hydrogen) atoms. The second kappa shape index (κ2) is 10.6. The van der Waals surface area contributed by atoms with E-state index in [1.54, 1.807) is 13.3 Å². The fraction of sp³-hybridized carbons (Fsp3) is 0.346. The highest BCUT2D eigenvalue weighted by atomic mass is 16.5. The normalized spacial score (nSPS) is 14.3. The summed E-state index contributed by atoms with van der Waals surface area (Å²) in [7, 11) is 3.66. The number of hydrogen-bond acceptors (Lipinski definition) is 6. The third kappa shape index (κ3) is 5.38. The number of carbonyl (C=O) groups is 1. The minimum absolute atomic E-state index is 0.0324. The summed E-state index contributed by atoms with van der Waals surface area (Å²) in [5, 5.41) is 0. The number of rotatable bonds is 7. The lowest BCUT2D eigenvalue weighted by Crippen LogP contribution is -2.49. The van der Waals surface area contributed by atoms with Crippen LogP contribution < -0.4 is 4.90 Å². The number of ether oxygens (including phenoxy) is 1. The average Bonchev–Trinajstić information content (AvgIpc) is 2.87. The minimum atomic E-state index is -0.0324. The Labute approximate surface area is 195 Å². The van der Waals surface area contributed by atoms with Gasteiger partial charge >= 0.3 is 0 Å². The zero-order valence-electron chi connectivity index (χ0n) is 19.6. The molecule has 0 N–H and O–H groups in total. The Morgan fingerprint density at radius 2 is 1.73 bits per heavy atom. The van der Waals surface area contributed by atoms with Gasteiger partial charge in [0.25, 0.3) is 5.91 Å². The van der Waals surface area contributed by atoms with E-state index in [-0.39, 0.29) is 5.91 Å². The summed E-state index contributed by atoms with van der Waals surface area (Å²) in [6, 6.07) is 18.1. The van der Waals surface area contributed by atoms with Crippen LogP contribution >= 0.6 is 0 Å². The molecule has 0 saturated carbocycles. The molecule has 172 valence electrons. The Morgan fingerprint density at radius 3 is 2.39 bits per heavy atom. The molecule has 7 nitrogen and oxygen atoms in total. The van der Waals surface area contributed by atoms with Gasteiger partial charge in [-0.2, -0.15) is 0 Å². The number of aromatic nitrogens is 2. The van der Waals surface area contributed by atoms with Crippen LogP contribution in [0.2, 0.25) is 0 Å². The van der Waals surface area contributed by atoms with E-state index in [4.69, 9.17) is 9.72 Å². The van der Waals surface area contributed by atoms with Crippen molar-refractivity contribution >= 4 is 17.4 Å². The van der Waals surface area contributed by atoms with Crippen molar-refractivity contribution in [2.24, 2.45) is 0 Å². The first kappa shape index (κ1) is 22.9. The Hall–Kier alpha value is -3.29. The van der Waals surface area contributed by atoms with Gasteiger partial charge in [-0.1, -0.05) is 48.0 Å². The Kier molecular flexibility index (Phi) is 7.32. The van der Waals surface area contributed by atoms with Crippen LogP contribution in [0, 0.1) is 6.92 Å². The van der Waals surface area contributed by atoms with Gasteiger partial charge in [0.15, 0.2) is 5.82 Å². The predicted octanol–water partition coefficient (Wildman–Crippen LogP) is 3.62. The third-order valence-electron chi connectivity index (χ3n) is 6.04. The summed E-state index contributed by atoms with van der Waals surface area (Å²) in [5.74, 6) is 1.18. The molecule has 2 heterocycles. The van der Waals surface area contributed by atoms with E-state index in [1.807, 2.05) is 59.3 Å². The lowest BCUT2D eigenvalue weighted by Gasteiger charge is -2.35. The van der Waals surface area contributed by atoms with Crippen molar-refractivity contribution in [2.75, 3.05) is 58.4 Å². The largest absolute Gasteiger partial charge is 0.383 e. The molecular weight excluding hydrogens is 414 g/mol. The van der Waals surface area contributed by atoms with Crippen LogP contribution in [0.3, 0.4) is 0 Å². The molecule has 0 spiro atoms. The van der Waals surface area contributed by atoms with Crippen molar-refractivity contribution in [2.45, 2.75) is 6.92 Å². The highest BCUT2D eigenvalue weighted by Crippen LogP contribution is 2.28. The minimum Gasteiger partial charge on any atom is -0.383 e. The predicted molar refractivity (Wildman–Crippen MR) is 131 cm³/mol. The topological polar surface area (TPSA) is 61.8 Å². The quantitative estimate of drug-likeness (QED) is 0.554. The van der Waals surface area contributed by atoms with Gasteiger partial charge in [-0.15, -0.1) is 0 Å². The standard InChI is InChI=1S/C26H31N5O2/c1-20-9-11-22(12-10-20)29(2)25-23(19-27-24(28-25)21-7-5-4-6-8-21)26(32)31-15-13-30(14-16-31)17-18-33-3/h4-12,19H,13-18H2,1-3H3. The smallest absolute Gasteiger partial charge is 0.259 e. The number of nitrogens with zero attached hydrogens (tertiary/aromatic N) is 5. The molecule has 1 aromatic heterocycles. The van der Waals surface area contributed by atoms with Gasteiger partial charge in [-0.05, 0) is 19.1 Å². The Bertz CT molecular complexity index is 1060. The zero-order chi connectivity index (χ0) is 23.2. The van der Waals surface area contributed by atoms with E-state index in [9.17, 15) is 4.79 Å². The summed E-state index contributed by atoms with van der Waals surface area (Å²) >= 11 is 0. The van der Waals surface area contributed by atoms with E-state index < -0.39 is 0 Å².